The third kappa shape index (κ3) is 8.56. The van der Waals surface area contributed by atoms with Gasteiger partial charge in [-0.2, -0.15) is 10.2 Å². The Labute approximate surface area is 399 Å². The zero-order valence-corrected chi connectivity index (χ0v) is 39.7. The molecule has 7 heterocycles. The Balaban J connectivity index is 1.18. The number of fused-ring (bicyclic) bond motifs is 6. The molecule has 8 aromatic rings. The second kappa shape index (κ2) is 18.9. The molecule has 1 saturated heterocycles. The van der Waals surface area contributed by atoms with Crippen LogP contribution in [0.25, 0.3) is 66.9 Å². The minimum atomic E-state index is -1.51. The van der Waals surface area contributed by atoms with Crippen molar-refractivity contribution in [3.63, 3.8) is 0 Å². The quantitative estimate of drug-likeness (QED) is 0.0700. The number of halogens is 2. The summed E-state index contributed by atoms with van der Waals surface area (Å²) in [5.41, 5.74) is 16.2. The van der Waals surface area contributed by atoms with E-state index in [0.29, 0.717) is 93.7 Å². The summed E-state index contributed by atoms with van der Waals surface area (Å²) in [5, 5.41) is 35.5. The molecule has 356 valence electrons. The van der Waals surface area contributed by atoms with Gasteiger partial charge in [0.1, 0.15) is 44.5 Å². The number of carbonyl (C=O) groups is 2. The minimum Gasteiger partial charge on any atom is -0.495 e. The number of morpholine rings is 1. The summed E-state index contributed by atoms with van der Waals surface area (Å²) in [6.07, 6.45) is -2.36. The molecule has 68 heavy (non-hydrogen) atoms. The maximum absolute atomic E-state index is 12.9. The number of hydrogen-bond acceptors (Lipinski definition) is 14. The number of benzene rings is 2. The number of aromatic nitrogens is 10. The molecular formula is C46H51Cl2N13O7. The lowest BCUT2D eigenvalue weighted by Crippen LogP contribution is -2.37. The number of amides is 2. The number of methoxy groups -OCH3 is 1. The lowest BCUT2D eigenvalue weighted by molar-refractivity contribution is 0.00226. The summed E-state index contributed by atoms with van der Waals surface area (Å²) in [4.78, 5) is 47.1. The molecule has 9 rings (SSSR count). The molecule has 2 unspecified atom stereocenters. The first-order valence-electron chi connectivity index (χ1n) is 22.3. The normalized spacial score (nSPS) is 14.4. The van der Waals surface area contributed by atoms with Gasteiger partial charge in [-0.15, -0.1) is 0 Å². The number of ether oxygens (including phenoxy) is 3. The van der Waals surface area contributed by atoms with Gasteiger partial charge >= 0.3 is 0 Å². The van der Waals surface area contributed by atoms with Gasteiger partial charge in [-0.25, -0.2) is 19.9 Å². The van der Waals surface area contributed by atoms with Crippen LogP contribution < -0.4 is 20.9 Å². The zero-order chi connectivity index (χ0) is 48.1. The van der Waals surface area contributed by atoms with E-state index in [-0.39, 0.29) is 58.5 Å². The minimum absolute atomic E-state index is 0.0685. The Hall–Kier alpha value is -6.42. The van der Waals surface area contributed by atoms with Crippen LogP contribution in [0.1, 0.15) is 52.4 Å². The van der Waals surface area contributed by atoms with Crippen LogP contribution in [0.2, 0.25) is 10.3 Å². The Kier molecular flexibility index (Phi) is 13.0. The number of aryl methyl sites for hydroxylation is 4. The van der Waals surface area contributed by atoms with Crippen molar-refractivity contribution in [3.05, 3.63) is 69.2 Å². The fraction of sp³-hybridized carbons (Fsp3) is 0.391. The number of nitrogens with zero attached hydrogens (tertiary/aromatic N) is 11. The molecule has 0 radical (unpaired) electrons. The van der Waals surface area contributed by atoms with E-state index < -0.39 is 24.0 Å². The molecule has 2 atom stereocenters. The second-order valence-corrected chi connectivity index (χ2v) is 17.4. The molecular weight excluding hydrogens is 917 g/mol. The summed E-state index contributed by atoms with van der Waals surface area (Å²) in [6.45, 7) is 12.1. The fourth-order valence-electron chi connectivity index (χ4n) is 9.04. The van der Waals surface area contributed by atoms with Crippen LogP contribution in [-0.4, -0.2) is 134 Å². The topological polar surface area (TPSA) is 255 Å². The smallest absolute Gasteiger partial charge is 0.248 e. The summed E-state index contributed by atoms with van der Waals surface area (Å²) in [7, 11) is 1.44. The number of aliphatic hydroxyl groups excluding tert-OH is 2. The Morgan fingerprint density at radius 1 is 0.735 bits per heavy atom. The number of aliphatic hydroxyl groups is 2. The average molecular weight is 969 g/mol. The summed E-state index contributed by atoms with van der Waals surface area (Å²) in [6, 6.07) is 9.93. The maximum atomic E-state index is 12.9. The summed E-state index contributed by atoms with van der Waals surface area (Å²) < 4.78 is 24.7. The summed E-state index contributed by atoms with van der Waals surface area (Å²) >= 11 is 14.1. The van der Waals surface area contributed by atoms with Crippen molar-refractivity contribution in [1.29, 1.82) is 0 Å². The lowest BCUT2D eigenvalue weighted by Gasteiger charge is -2.26. The molecule has 6 aromatic heterocycles. The van der Waals surface area contributed by atoms with E-state index >= 15 is 0 Å². The van der Waals surface area contributed by atoms with Gasteiger partial charge in [0.25, 0.3) is 0 Å². The van der Waals surface area contributed by atoms with Crippen LogP contribution in [0.4, 0.5) is 0 Å². The van der Waals surface area contributed by atoms with Crippen LogP contribution in [0, 0.1) is 13.8 Å². The summed E-state index contributed by atoms with van der Waals surface area (Å²) in [5.74, 6) is -0.318. The van der Waals surface area contributed by atoms with Crippen molar-refractivity contribution >= 4 is 78.9 Å². The molecule has 2 amide bonds. The first-order chi connectivity index (χ1) is 32.7. The van der Waals surface area contributed by atoms with Crippen molar-refractivity contribution in [3.8, 4) is 34.5 Å². The maximum Gasteiger partial charge on any atom is 0.248 e. The molecule has 1 aliphatic heterocycles. The monoisotopic (exact) mass is 967 g/mol. The Morgan fingerprint density at radius 2 is 1.21 bits per heavy atom. The number of carbonyl (C=O) groups excluding carboxylic acids is 2. The lowest BCUT2D eigenvalue weighted by atomic mass is 10.1. The highest BCUT2D eigenvalue weighted by atomic mass is 35.5. The van der Waals surface area contributed by atoms with E-state index in [9.17, 15) is 19.8 Å². The Bertz CT molecular complexity index is 3260. The predicted octanol–water partition coefficient (Wildman–Crippen LogP) is 4.90. The second-order valence-electron chi connectivity index (χ2n) is 16.7. The van der Waals surface area contributed by atoms with Gasteiger partial charge in [0.2, 0.25) is 11.8 Å². The molecule has 6 N–H and O–H groups in total. The van der Waals surface area contributed by atoms with Gasteiger partial charge < -0.3 is 45.0 Å². The first kappa shape index (κ1) is 46.7. The first-order valence-corrected chi connectivity index (χ1v) is 23.0. The van der Waals surface area contributed by atoms with Crippen LogP contribution >= 0.6 is 23.2 Å². The van der Waals surface area contributed by atoms with Crippen molar-refractivity contribution < 1.29 is 34.0 Å². The predicted molar refractivity (Wildman–Crippen MR) is 256 cm³/mol. The van der Waals surface area contributed by atoms with Gasteiger partial charge in [0, 0.05) is 54.6 Å². The molecule has 20 nitrogen and oxygen atoms in total. The number of rotatable bonds is 17. The van der Waals surface area contributed by atoms with E-state index in [1.54, 1.807) is 36.7 Å². The fourth-order valence-corrected chi connectivity index (χ4v) is 9.58. The van der Waals surface area contributed by atoms with E-state index in [1.165, 1.54) is 13.2 Å². The van der Waals surface area contributed by atoms with Gasteiger partial charge in [0.05, 0.1) is 85.4 Å². The number of primary amides is 2. The van der Waals surface area contributed by atoms with Crippen LogP contribution in [0.15, 0.2) is 36.4 Å². The van der Waals surface area contributed by atoms with E-state index in [1.807, 2.05) is 39.8 Å². The highest BCUT2D eigenvalue weighted by molar-refractivity contribution is 6.37. The molecule has 0 spiro atoms. The molecule has 1 fully saturated rings. The standard InChI is InChI=1S/C46H51Cl2N13O7/c1-6-60-29(15-23(3)55-60)43-51-39(47)35-27-17-25(41(49)64)19-33(66-5)37(27)58(45(35)53-43)21-31(62)32(63)22-59-38-28(36-40(48)52-44(54-46(36)59)30-16-24(4)56-61(30)7-2)18-26(42(50)65)20-34(38)68-12-8-9-57-10-13-67-14-11-57/h15-20,31-32,62-63H,6-14,21-22H2,1-5H3,(H2,49,64)(H2,50,65). The van der Waals surface area contributed by atoms with Crippen LogP contribution in [0.3, 0.4) is 0 Å². The molecule has 0 saturated carbocycles. The van der Waals surface area contributed by atoms with Crippen LogP contribution in [-0.2, 0) is 30.9 Å². The SMILES string of the molecule is CCn1nc(C)cc1-c1nc(Cl)c2c3cc(C(N)=O)cc(OC)c3n(CC(O)C(O)Cn3c4nc(-c5cc(C)nn5CC)nc(Cl)c4c4cc(C(N)=O)cc(OCCCN5CCOCC5)c43)c2n1. The van der Waals surface area contributed by atoms with Gasteiger partial charge in [-0.3, -0.25) is 23.9 Å². The zero-order valence-electron chi connectivity index (χ0n) is 38.2. The molecule has 22 heteroatoms. The number of hydrogen-bond donors (Lipinski definition) is 4. The van der Waals surface area contributed by atoms with Crippen molar-refractivity contribution in [2.75, 3.05) is 46.6 Å². The van der Waals surface area contributed by atoms with Gasteiger partial charge in [-0.05, 0) is 70.5 Å². The highest BCUT2D eigenvalue weighted by Crippen LogP contribution is 2.42. The van der Waals surface area contributed by atoms with Crippen molar-refractivity contribution in [2.24, 2.45) is 11.5 Å². The highest BCUT2D eigenvalue weighted by Gasteiger charge is 2.30. The van der Waals surface area contributed by atoms with Crippen LogP contribution in [0.5, 0.6) is 11.5 Å². The van der Waals surface area contributed by atoms with Crippen molar-refractivity contribution in [1.82, 2.24) is 53.5 Å². The van der Waals surface area contributed by atoms with Gasteiger partial charge in [-0.1, -0.05) is 23.2 Å². The van der Waals surface area contributed by atoms with Gasteiger partial charge in [0.15, 0.2) is 11.6 Å². The van der Waals surface area contributed by atoms with E-state index in [4.69, 9.17) is 63.8 Å². The third-order valence-corrected chi connectivity index (χ3v) is 12.8. The van der Waals surface area contributed by atoms with E-state index in [2.05, 4.69) is 20.1 Å². The Morgan fingerprint density at radius 3 is 1.66 bits per heavy atom. The van der Waals surface area contributed by atoms with E-state index in [0.717, 1.165) is 31.0 Å². The third-order valence-electron chi connectivity index (χ3n) is 12.2. The van der Waals surface area contributed by atoms with Crippen molar-refractivity contribution in [2.45, 2.75) is 72.5 Å². The molecule has 1 aliphatic rings. The average Bonchev–Trinajstić information content (AvgIpc) is 4.08. The largest absolute Gasteiger partial charge is 0.495 e. The number of nitrogens with two attached hydrogens (primary N) is 2. The molecule has 0 bridgehead atoms. The molecule has 2 aromatic carbocycles. The molecule has 0 aliphatic carbocycles.